The number of carbonyl (C=O) groups excluding carboxylic acids is 1. The Morgan fingerprint density at radius 1 is 1.02 bits per heavy atom. The highest BCUT2D eigenvalue weighted by molar-refractivity contribution is 7.89. The number of piperazine rings is 1. The van der Waals surface area contributed by atoms with E-state index < -0.39 is 39.1 Å². The molecule has 0 unspecified atom stereocenters. The average Bonchev–Trinajstić information content (AvgIpc) is 2.95. The Hall–Kier alpha value is -2.94. The number of halogens is 4. The minimum atomic E-state index is -4.88. The molecule has 0 atom stereocenters. The number of anilines is 1. The molecule has 1 N–H and O–H groups in total. The lowest BCUT2D eigenvalue weighted by Crippen LogP contribution is -2.49. The summed E-state index contributed by atoms with van der Waals surface area (Å²) < 4.78 is 93.1. The number of nitrogens with one attached hydrogen (secondary N) is 1. The Labute approximate surface area is 230 Å². The summed E-state index contributed by atoms with van der Waals surface area (Å²) in [5, 5.41) is 0. The second-order valence-electron chi connectivity index (χ2n) is 9.51. The Bertz CT molecular complexity index is 1290. The molecule has 4 rings (SSSR count). The molecule has 0 radical (unpaired) electrons. The van der Waals surface area contributed by atoms with Crippen molar-refractivity contribution in [1.82, 2.24) is 14.5 Å². The molecule has 9 nitrogen and oxygen atoms in total. The largest absolute Gasteiger partial charge is 0.495 e. The minimum Gasteiger partial charge on any atom is -0.495 e. The van der Waals surface area contributed by atoms with Crippen molar-refractivity contribution < 1.29 is 40.2 Å². The molecule has 14 heteroatoms. The van der Waals surface area contributed by atoms with E-state index >= 15 is 0 Å². The molecular formula is C26H32F4N4O5S. The highest BCUT2D eigenvalue weighted by Gasteiger charge is 2.37. The van der Waals surface area contributed by atoms with Crippen molar-refractivity contribution in [3.63, 3.8) is 0 Å². The SMILES string of the molecule is COc1ccc(S(=O)(=O)NCCCN2CCOCC2)cc1N1CCN(C(=O)c2ccc(F)cc2C(F)(F)F)CC1. The number of methoxy groups -OCH3 is 1. The number of amides is 1. The summed E-state index contributed by atoms with van der Waals surface area (Å²) in [6.45, 7) is 4.61. The van der Waals surface area contributed by atoms with Crippen molar-refractivity contribution >= 4 is 21.6 Å². The van der Waals surface area contributed by atoms with E-state index in [4.69, 9.17) is 9.47 Å². The first-order chi connectivity index (χ1) is 19.0. The first-order valence-electron chi connectivity index (χ1n) is 12.9. The standard InChI is InChI=1S/C26H32F4N4O5S/c1-38-24-6-4-20(40(36,37)31-7-2-8-32-13-15-39-16-14-32)18-23(24)33-9-11-34(12-10-33)25(35)21-5-3-19(27)17-22(21)26(28,29)30/h3-6,17-18,31H,2,7-16H2,1H3. The number of carbonyl (C=O) groups is 1. The predicted molar refractivity (Wildman–Crippen MR) is 140 cm³/mol. The Morgan fingerprint density at radius 2 is 1.73 bits per heavy atom. The van der Waals surface area contributed by atoms with Crippen LogP contribution in [0.1, 0.15) is 22.3 Å². The number of ether oxygens (including phenoxy) is 2. The fourth-order valence-electron chi connectivity index (χ4n) is 4.76. The van der Waals surface area contributed by atoms with E-state index in [0.717, 1.165) is 31.8 Å². The van der Waals surface area contributed by atoms with Crippen LogP contribution >= 0.6 is 0 Å². The van der Waals surface area contributed by atoms with Crippen molar-refractivity contribution in [3.05, 3.63) is 53.3 Å². The lowest BCUT2D eigenvalue weighted by atomic mass is 10.0. The number of sulfonamides is 1. The third-order valence-electron chi connectivity index (χ3n) is 6.93. The van der Waals surface area contributed by atoms with Crippen molar-refractivity contribution in [2.75, 3.05) is 77.6 Å². The number of rotatable bonds is 9. The maximum Gasteiger partial charge on any atom is 0.417 e. The predicted octanol–water partition coefficient (Wildman–Crippen LogP) is 2.82. The van der Waals surface area contributed by atoms with E-state index in [1.54, 1.807) is 6.07 Å². The Balaban J connectivity index is 1.41. The van der Waals surface area contributed by atoms with E-state index in [1.807, 2.05) is 4.90 Å². The van der Waals surface area contributed by atoms with Crippen LogP contribution in [0.4, 0.5) is 23.2 Å². The molecule has 2 heterocycles. The van der Waals surface area contributed by atoms with E-state index in [-0.39, 0.29) is 37.6 Å². The maximum absolute atomic E-state index is 13.5. The molecule has 1 amide bonds. The van der Waals surface area contributed by atoms with Gasteiger partial charge in [0.15, 0.2) is 0 Å². The van der Waals surface area contributed by atoms with Gasteiger partial charge >= 0.3 is 6.18 Å². The van der Waals surface area contributed by atoms with Crippen LogP contribution in [-0.4, -0.2) is 96.8 Å². The van der Waals surface area contributed by atoms with E-state index in [0.29, 0.717) is 37.1 Å². The molecule has 2 aliphatic rings. The van der Waals surface area contributed by atoms with Crippen LogP contribution in [0.2, 0.25) is 0 Å². The molecule has 0 spiro atoms. The summed E-state index contributed by atoms with van der Waals surface area (Å²) in [6.07, 6.45) is -4.24. The highest BCUT2D eigenvalue weighted by Crippen LogP contribution is 2.34. The van der Waals surface area contributed by atoms with Crippen molar-refractivity contribution in [1.29, 1.82) is 0 Å². The van der Waals surface area contributed by atoms with Crippen molar-refractivity contribution in [2.24, 2.45) is 0 Å². The van der Waals surface area contributed by atoms with E-state index in [1.165, 1.54) is 24.1 Å². The summed E-state index contributed by atoms with van der Waals surface area (Å²) in [6, 6.07) is 6.46. The molecule has 2 saturated heterocycles. The summed E-state index contributed by atoms with van der Waals surface area (Å²) in [4.78, 5) is 18.3. The topological polar surface area (TPSA) is 91.4 Å². The van der Waals surface area contributed by atoms with Gasteiger partial charge in [-0.25, -0.2) is 17.5 Å². The van der Waals surface area contributed by atoms with Crippen LogP contribution in [0.15, 0.2) is 41.3 Å². The maximum atomic E-state index is 13.5. The van der Waals surface area contributed by atoms with Crippen LogP contribution in [0.3, 0.4) is 0 Å². The van der Waals surface area contributed by atoms with Crippen molar-refractivity contribution in [2.45, 2.75) is 17.5 Å². The zero-order valence-corrected chi connectivity index (χ0v) is 22.9. The van der Waals surface area contributed by atoms with Crippen LogP contribution in [0, 0.1) is 5.82 Å². The number of hydrogen-bond acceptors (Lipinski definition) is 7. The quantitative estimate of drug-likeness (QED) is 0.356. The molecule has 0 aromatic heterocycles. The second kappa shape index (κ2) is 12.7. The van der Waals surface area contributed by atoms with Gasteiger partial charge < -0.3 is 19.3 Å². The average molecular weight is 589 g/mol. The summed E-state index contributed by atoms with van der Waals surface area (Å²) in [5.74, 6) is -1.51. The number of hydrogen-bond donors (Lipinski definition) is 1. The molecule has 2 aromatic carbocycles. The normalized spacial score (nSPS) is 17.2. The minimum absolute atomic E-state index is 0.0503. The molecule has 40 heavy (non-hydrogen) atoms. The molecule has 2 aliphatic heterocycles. The third kappa shape index (κ3) is 7.22. The lowest BCUT2D eigenvalue weighted by molar-refractivity contribution is -0.138. The van der Waals surface area contributed by atoms with Gasteiger partial charge in [0.05, 0.1) is 42.0 Å². The number of benzene rings is 2. The molecule has 0 saturated carbocycles. The third-order valence-corrected chi connectivity index (χ3v) is 8.39. The fraction of sp³-hybridized carbons (Fsp3) is 0.500. The summed E-state index contributed by atoms with van der Waals surface area (Å²) in [7, 11) is -2.36. The van der Waals surface area contributed by atoms with Gasteiger partial charge in [-0.15, -0.1) is 0 Å². The first-order valence-corrected chi connectivity index (χ1v) is 14.4. The smallest absolute Gasteiger partial charge is 0.417 e. The van der Waals surface area contributed by atoms with Gasteiger partial charge in [0.1, 0.15) is 11.6 Å². The van der Waals surface area contributed by atoms with Gasteiger partial charge in [-0.1, -0.05) is 0 Å². The van der Waals surface area contributed by atoms with Crippen LogP contribution < -0.4 is 14.4 Å². The molecule has 220 valence electrons. The first kappa shape index (κ1) is 30.0. The van der Waals surface area contributed by atoms with E-state index in [2.05, 4.69) is 9.62 Å². The van der Waals surface area contributed by atoms with Gasteiger partial charge in [0, 0.05) is 45.8 Å². The lowest BCUT2D eigenvalue weighted by Gasteiger charge is -2.37. The Morgan fingerprint density at radius 3 is 2.38 bits per heavy atom. The molecule has 0 bridgehead atoms. The van der Waals surface area contributed by atoms with Crippen LogP contribution in [-0.2, 0) is 20.9 Å². The zero-order chi connectivity index (χ0) is 28.9. The Kier molecular flexibility index (Phi) is 9.54. The van der Waals surface area contributed by atoms with Crippen molar-refractivity contribution in [3.8, 4) is 5.75 Å². The molecule has 2 fully saturated rings. The van der Waals surface area contributed by atoms with Gasteiger partial charge in [0.2, 0.25) is 10.0 Å². The van der Waals surface area contributed by atoms with Gasteiger partial charge in [-0.3, -0.25) is 9.69 Å². The fourth-order valence-corrected chi connectivity index (χ4v) is 5.85. The van der Waals surface area contributed by atoms with E-state index in [9.17, 15) is 30.8 Å². The number of morpholine rings is 1. The molecular weight excluding hydrogens is 556 g/mol. The van der Waals surface area contributed by atoms with Gasteiger partial charge in [-0.05, 0) is 49.4 Å². The molecule has 2 aromatic rings. The zero-order valence-electron chi connectivity index (χ0n) is 22.0. The van der Waals surface area contributed by atoms with Crippen LogP contribution in [0.5, 0.6) is 5.75 Å². The summed E-state index contributed by atoms with van der Waals surface area (Å²) >= 11 is 0. The summed E-state index contributed by atoms with van der Waals surface area (Å²) in [5.41, 5.74) is -1.45. The van der Waals surface area contributed by atoms with Gasteiger partial charge in [0.25, 0.3) is 5.91 Å². The second-order valence-corrected chi connectivity index (χ2v) is 11.3. The highest BCUT2D eigenvalue weighted by atomic mass is 32.2. The number of alkyl halides is 3. The monoisotopic (exact) mass is 588 g/mol. The molecule has 0 aliphatic carbocycles. The number of nitrogens with zero attached hydrogens (tertiary/aromatic N) is 3. The van der Waals surface area contributed by atoms with Crippen LogP contribution in [0.25, 0.3) is 0 Å². The van der Waals surface area contributed by atoms with Gasteiger partial charge in [-0.2, -0.15) is 13.2 Å².